The molecule has 4 N–H and O–H groups in total. The standard InChI is InChI=1S/C8H17N3O/c1-2-3-4-10-8(12)11-7-5-6(7)9/h6-7H,2-5,9H2,1H3,(H2,10,11,12). The van der Waals surface area contributed by atoms with Crippen LogP contribution in [0.15, 0.2) is 0 Å². The van der Waals surface area contributed by atoms with E-state index in [-0.39, 0.29) is 18.1 Å². The van der Waals surface area contributed by atoms with Gasteiger partial charge in [0.05, 0.1) is 0 Å². The molecule has 0 aromatic rings. The summed E-state index contributed by atoms with van der Waals surface area (Å²) in [6.45, 7) is 2.85. The van der Waals surface area contributed by atoms with Crippen LogP contribution in [0.3, 0.4) is 0 Å². The van der Waals surface area contributed by atoms with Crippen LogP contribution in [0.2, 0.25) is 0 Å². The van der Waals surface area contributed by atoms with Gasteiger partial charge in [-0.1, -0.05) is 13.3 Å². The van der Waals surface area contributed by atoms with Crippen molar-refractivity contribution in [2.24, 2.45) is 5.73 Å². The van der Waals surface area contributed by atoms with E-state index in [1.54, 1.807) is 0 Å². The van der Waals surface area contributed by atoms with Crippen molar-refractivity contribution in [2.75, 3.05) is 6.54 Å². The lowest BCUT2D eigenvalue weighted by Crippen LogP contribution is -2.39. The normalized spacial score (nSPS) is 26.5. The third kappa shape index (κ3) is 3.09. The molecule has 1 rings (SSSR count). The van der Waals surface area contributed by atoms with E-state index < -0.39 is 0 Å². The molecule has 0 aliphatic heterocycles. The van der Waals surface area contributed by atoms with Crippen LogP contribution in [0.5, 0.6) is 0 Å². The van der Waals surface area contributed by atoms with E-state index in [2.05, 4.69) is 17.6 Å². The lowest BCUT2D eigenvalue weighted by atomic mass is 10.3. The Kier molecular flexibility index (Phi) is 3.34. The minimum absolute atomic E-state index is 0.0820. The number of urea groups is 1. The monoisotopic (exact) mass is 171 g/mol. The minimum Gasteiger partial charge on any atom is -0.338 e. The van der Waals surface area contributed by atoms with Crippen LogP contribution in [-0.2, 0) is 0 Å². The van der Waals surface area contributed by atoms with E-state index in [0.717, 1.165) is 25.8 Å². The molecule has 1 fully saturated rings. The van der Waals surface area contributed by atoms with Gasteiger partial charge in [-0.05, 0) is 12.8 Å². The first-order chi connectivity index (χ1) is 5.74. The summed E-state index contributed by atoms with van der Waals surface area (Å²) in [5.74, 6) is 0. The Bertz CT molecular complexity index is 160. The zero-order valence-electron chi connectivity index (χ0n) is 7.47. The van der Waals surface area contributed by atoms with Crippen LogP contribution in [0.1, 0.15) is 26.2 Å². The Morgan fingerprint density at radius 2 is 2.33 bits per heavy atom. The zero-order chi connectivity index (χ0) is 8.97. The van der Waals surface area contributed by atoms with Gasteiger partial charge in [-0.3, -0.25) is 0 Å². The largest absolute Gasteiger partial charge is 0.338 e. The second-order valence-corrected chi connectivity index (χ2v) is 3.26. The first kappa shape index (κ1) is 9.32. The second-order valence-electron chi connectivity index (χ2n) is 3.26. The molecule has 0 spiro atoms. The minimum atomic E-state index is -0.0820. The summed E-state index contributed by atoms with van der Waals surface area (Å²) in [5, 5.41) is 5.56. The van der Waals surface area contributed by atoms with Crippen LogP contribution in [-0.4, -0.2) is 24.7 Å². The lowest BCUT2D eigenvalue weighted by molar-refractivity contribution is 0.240. The number of rotatable bonds is 4. The van der Waals surface area contributed by atoms with Crippen LogP contribution >= 0.6 is 0 Å². The van der Waals surface area contributed by atoms with Gasteiger partial charge in [-0.15, -0.1) is 0 Å². The fraction of sp³-hybridized carbons (Fsp3) is 0.875. The van der Waals surface area contributed by atoms with E-state index >= 15 is 0 Å². The van der Waals surface area contributed by atoms with E-state index in [1.165, 1.54) is 0 Å². The summed E-state index contributed by atoms with van der Waals surface area (Å²) in [4.78, 5) is 11.0. The highest BCUT2D eigenvalue weighted by Crippen LogP contribution is 2.17. The number of unbranched alkanes of at least 4 members (excludes halogenated alkanes) is 1. The Labute approximate surface area is 72.9 Å². The van der Waals surface area contributed by atoms with E-state index in [4.69, 9.17) is 5.73 Å². The predicted octanol–water partition coefficient (Wildman–Crippen LogP) is 0.185. The molecule has 1 aliphatic carbocycles. The van der Waals surface area contributed by atoms with Crippen LogP contribution < -0.4 is 16.4 Å². The topological polar surface area (TPSA) is 67.2 Å². The molecule has 2 unspecified atom stereocenters. The lowest BCUT2D eigenvalue weighted by Gasteiger charge is -2.05. The molecule has 0 radical (unpaired) electrons. The van der Waals surface area contributed by atoms with Crippen LogP contribution in [0, 0.1) is 0 Å². The number of hydrogen-bond donors (Lipinski definition) is 3. The van der Waals surface area contributed by atoms with E-state index in [1.807, 2.05) is 0 Å². The number of hydrogen-bond acceptors (Lipinski definition) is 2. The molecular formula is C8H17N3O. The molecule has 12 heavy (non-hydrogen) atoms. The molecule has 0 bridgehead atoms. The van der Waals surface area contributed by atoms with Crippen LogP contribution in [0.4, 0.5) is 4.79 Å². The Morgan fingerprint density at radius 3 is 2.83 bits per heavy atom. The van der Waals surface area contributed by atoms with Crippen molar-refractivity contribution < 1.29 is 4.79 Å². The Hall–Kier alpha value is -0.770. The third-order valence-electron chi connectivity index (χ3n) is 1.97. The van der Waals surface area contributed by atoms with E-state index in [9.17, 15) is 4.79 Å². The predicted molar refractivity (Wildman–Crippen MR) is 47.8 cm³/mol. The van der Waals surface area contributed by atoms with Crippen molar-refractivity contribution >= 4 is 6.03 Å². The summed E-state index contributed by atoms with van der Waals surface area (Å²) in [5.41, 5.74) is 5.53. The summed E-state index contributed by atoms with van der Waals surface area (Å²) in [7, 11) is 0. The Morgan fingerprint density at radius 1 is 1.67 bits per heavy atom. The number of carbonyl (C=O) groups excluding carboxylic acids is 1. The summed E-state index contributed by atoms with van der Waals surface area (Å²) >= 11 is 0. The quantitative estimate of drug-likeness (QED) is 0.528. The van der Waals surface area contributed by atoms with Crippen LogP contribution in [0.25, 0.3) is 0 Å². The molecule has 2 atom stereocenters. The fourth-order valence-electron chi connectivity index (χ4n) is 0.979. The Balaban J connectivity index is 1.97. The highest BCUT2D eigenvalue weighted by molar-refractivity contribution is 5.74. The first-order valence-electron chi connectivity index (χ1n) is 4.54. The van der Waals surface area contributed by atoms with Gasteiger partial charge < -0.3 is 16.4 Å². The molecule has 1 saturated carbocycles. The average molecular weight is 171 g/mol. The highest BCUT2D eigenvalue weighted by atomic mass is 16.2. The molecule has 0 heterocycles. The molecule has 1 aliphatic rings. The SMILES string of the molecule is CCCCNC(=O)NC1CC1N. The zero-order valence-corrected chi connectivity index (χ0v) is 7.47. The van der Waals surface area contributed by atoms with Crippen molar-refractivity contribution in [1.82, 2.24) is 10.6 Å². The molecular weight excluding hydrogens is 154 g/mol. The smallest absolute Gasteiger partial charge is 0.315 e. The van der Waals surface area contributed by atoms with Crippen molar-refractivity contribution in [2.45, 2.75) is 38.3 Å². The molecule has 4 nitrogen and oxygen atoms in total. The maximum atomic E-state index is 11.0. The van der Waals surface area contributed by atoms with Gasteiger partial charge in [0.1, 0.15) is 0 Å². The van der Waals surface area contributed by atoms with Crippen molar-refractivity contribution in [3.05, 3.63) is 0 Å². The number of nitrogens with one attached hydrogen (secondary N) is 2. The number of nitrogens with two attached hydrogens (primary N) is 1. The molecule has 0 aromatic heterocycles. The maximum Gasteiger partial charge on any atom is 0.315 e. The van der Waals surface area contributed by atoms with Gasteiger partial charge in [-0.25, -0.2) is 4.79 Å². The van der Waals surface area contributed by atoms with Gasteiger partial charge in [-0.2, -0.15) is 0 Å². The fourth-order valence-corrected chi connectivity index (χ4v) is 0.979. The third-order valence-corrected chi connectivity index (χ3v) is 1.97. The van der Waals surface area contributed by atoms with Gasteiger partial charge in [0.15, 0.2) is 0 Å². The second kappa shape index (κ2) is 4.30. The average Bonchev–Trinajstić information content (AvgIpc) is 2.67. The van der Waals surface area contributed by atoms with Gasteiger partial charge in [0.25, 0.3) is 0 Å². The highest BCUT2D eigenvalue weighted by Gasteiger charge is 2.34. The number of carbonyl (C=O) groups is 1. The van der Waals surface area contributed by atoms with Gasteiger partial charge >= 0.3 is 6.03 Å². The summed E-state index contributed by atoms with van der Waals surface area (Å²) in [6, 6.07) is 0.315. The van der Waals surface area contributed by atoms with Gasteiger partial charge in [0.2, 0.25) is 0 Å². The molecule has 70 valence electrons. The van der Waals surface area contributed by atoms with Crippen molar-refractivity contribution in [3.8, 4) is 0 Å². The summed E-state index contributed by atoms with van der Waals surface area (Å²) < 4.78 is 0. The molecule has 0 saturated heterocycles. The maximum absolute atomic E-state index is 11.0. The van der Waals surface area contributed by atoms with Crippen molar-refractivity contribution in [3.63, 3.8) is 0 Å². The van der Waals surface area contributed by atoms with Crippen molar-refractivity contribution in [1.29, 1.82) is 0 Å². The summed E-state index contributed by atoms with van der Waals surface area (Å²) in [6.07, 6.45) is 3.05. The first-order valence-corrected chi connectivity index (χ1v) is 4.54. The van der Waals surface area contributed by atoms with Gasteiger partial charge in [0, 0.05) is 18.6 Å². The molecule has 0 aromatic carbocycles. The number of amides is 2. The van der Waals surface area contributed by atoms with E-state index in [0.29, 0.717) is 0 Å². The molecule has 2 amide bonds. The molecule has 4 heteroatoms.